The van der Waals surface area contributed by atoms with Gasteiger partial charge in [0.05, 0.1) is 30.0 Å². The maximum Gasteiger partial charge on any atom is 0.259 e. The molecule has 0 spiro atoms. The van der Waals surface area contributed by atoms with Crippen molar-refractivity contribution < 1.29 is 18.5 Å². The van der Waals surface area contributed by atoms with Crippen molar-refractivity contribution in [3.8, 4) is 17.3 Å². The number of nitrogens with zero attached hydrogens (tertiary/aromatic N) is 3. The maximum atomic E-state index is 12.9. The first-order valence-corrected chi connectivity index (χ1v) is 8.23. The lowest BCUT2D eigenvalue weighted by molar-refractivity contribution is 0.0952. The zero-order chi connectivity index (χ0) is 18.8. The Labute approximate surface area is 154 Å². The van der Waals surface area contributed by atoms with Crippen LogP contribution < -0.4 is 10.1 Å². The Kier molecular flexibility index (Phi) is 4.29. The summed E-state index contributed by atoms with van der Waals surface area (Å²) in [4.78, 5) is 21.3. The molecule has 0 aromatic carbocycles. The van der Waals surface area contributed by atoms with Crippen molar-refractivity contribution >= 4 is 17.0 Å². The maximum absolute atomic E-state index is 12.9. The van der Waals surface area contributed by atoms with E-state index in [-0.39, 0.29) is 11.6 Å². The summed E-state index contributed by atoms with van der Waals surface area (Å²) in [5.74, 6) is 0.763. The first kappa shape index (κ1) is 16.8. The van der Waals surface area contributed by atoms with Crippen LogP contribution in [0.15, 0.2) is 51.7 Å². The number of fused-ring (bicyclic) bond motifs is 1. The number of furan rings is 1. The molecular weight excluding hydrogens is 348 g/mol. The predicted molar refractivity (Wildman–Crippen MR) is 96.2 cm³/mol. The van der Waals surface area contributed by atoms with Crippen LogP contribution in [-0.4, -0.2) is 28.1 Å². The summed E-state index contributed by atoms with van der Waals surface area (Å²) in [7, 11) is 1.54. The van der Waals surface area contributed by atoms with E-state index in [4.69, 9.17) is 13.7 Å². The standard InChI is InChI=1S/C19H16N4O4/c1-11-17-13(18(24)21-10-12-5-6-20-16(8-12)25-2)9-14(15-4-3-7-26-15)22-19(17)27-23-11/h3-9H,10H2,1-2H3,(H,21,24). The molecule has 136 valence electrons. The zero-order valence-corrected chi connectivity index (χ0v) is 14.7. The van der Waals surface area contributed by atoms with Gasteiger partial charge in [-0.2, -0.15) is 0 Å². The van der Waals surface area contributed by atoms with Gasteiger partial charge < -0.3 is 19.0 Å². The lowest BCUT2D eigenvalue weighted by Gasteiger charge is -2.08. The molecule has 0 fully saturated rings. The Hall–Kier alpha value is -3.68. The fraction of sp³-hybridized carbons (Fsp3) is 0.158. The zero-order valence-electron chi connectivity index (χ0n) is 14.7. The number of hydrogen-bond donors (Lipinski definition) is 1. The minimum atomic E-state index is -0.266. The van der Waals surface area contributed by atoms with Crippen molar-refractivity contribution in [2.24, 2.45) is 0 Å². The third-order valence-corrected chi connectivity index (χ3v) is 4.10. The molecule has 4 aromatic heterocycles. The number of carbonyl (C=O) groups excluding carboxylic acids is 1. The topological polar surface area (TPSA) is 103 Å². The number of ether oxygens (including phenoxy) is 1. The lowest BCUT2D eigenvalue weighted by Crippen LogP contribution is -2.23. The lowest BCUT2D eigenvalue weighted by atomic mass is 10.1. The number of aromatic nitrogens is 3. The Morgan fingerprint density at radius 2 is 2.19 bits per heavy atom. The number of nitrogens with one attached hydrogen (secondary N) is 1. The molecule has 1 N–H and O–H groups in total. The SMILES string of the molecule is COc1cc(CNC(=O)c2cc(-c3ccco3)nc3onc(C)c23)ccn1. The Morgan fingerprint density at radius 3 is 2.96 bits per heavy atom. The fourth-order valence-electron chi connectivity index (χ4n) is 2.77. The van der Waals surface area contributed by atoms with E-state index in [1.54, 1.807) is 50.8 Å². The van der Waals surface area contributed by atoms with Crippen LogP contribution in [0.2, 0.25) is 0 Å². The number of methoxy groups -OCH3 is 1. The molecule has 0 bridgehead atoms. The van der Waals surface area contributed by atoms with E-state index < -0.39 is 0 Å². The van der Waals surface area contributed by atoms with Crippen LogP contribution in [0.1, 0.15) is 21.6 Å². The molecule has 8 nitrogen and oxygen atoms in total. The highest BCUT2D eigenvalue weighted by Crippen LogP contribution is 2.27. The van der Waals surface area contributed by atoms with Crippen molar-refractivity contribution in [1.29, 1.82) is 0 Å². The van der Waals surface area contributed by atoms with Gasteiger partial charge in [-0.1, -0.05) is 5.16 Å². The summed E-state index contributed by atoms with van der Waals surface area (Å²) in [6.07, 6.45) is 3.17. The number of aryl methyl sites for hydroxylation is 1. The highest BCUT2D eigenvalue weighted by atomic mass is 16.5. The van der Waals surface area contributed by atoms with E-state index in [1.165, 1.54) is 0 Å². The molecule has 0 saturated carbocycles. The van der Waals surface area contributed by atoms with Gasteiger partial charge in [0.25, 0.3) is 11.6 Å². The molecule has 27 heavy (non-hydrogen) atoms. The molecule has 0 aliphatic rings. The van der Waals surface area contributed by atoms with Crippen LogP contribution in [0, 0.1) is 6.92 Å². The molecule has 0 unspecified atom stereocenters. The van der Waals surface area contributed by atoms with Crippen molar-refractivity contribution in [3.05, 3.63) is 59.6 Å². The molecule has 0 radical (unpaired) electrons. The highest BCUT2D eigenvalue weighted by Gasteiger charge is 2.20. The van der Waals surface area contributed by atoms with Gasteiger partial charge >= 0.3 is 0 Å². The molecule has 0 saturated heterocycles. The fourth-order valence-corrected chi connectivity index (χ4v) is 2.77. The summed E-state index contributed by atoms with van der Waals surface area (Å²) in [5.41, 5.74) is 2.68. The van der Waals surface area contributed by atoms with E-state index in [9.17, 15) is 4.79 Å². The summed E-state index contributed by atoms with van der Waals surface area (Å²) in [6, 6.07) is 8.77. The minimum Gasteiger partial charge on any atom is -0.481 e. The first-order chi connectivity index (χ1) is 13.2. The Balaban J connectivity index is 1.67. The van der Waals surface area contributed by atoms with Crippen LogP contribution in [0.4, 0.5) is 0 Å². The minimum absolute atomic E-state index is 0.266. The van der Waals surface area contributed by atoms with Gasteiger partial charge in [0.1, 0.15) is 5.69 Å². The van der Waals surface area contributed by atoms with Gasteiger partial charge in [-0.3, -0.25) is 4.79 Å². The molecule has 8 heteroatoms. The highest BCUT2D eigenvalue weighted by molar-refractivity contribution is 6.06. The van der Waals surface area contributed by atoms with E-state index in [0.717, 1.165) is 5.56 Å². The molecule has 4 rings (SSSR count). The smallest absolute Gasteiger partial charge is 0.259 e. The Morgan fingerprint density at radius 1 is 1.30 bits per heavy atom. The van der Waals surface area contributed by atoms with Gasteiger partial charge in [-0.05, 0) is 36.8 Å². The molecule has 0 atom stereocenters. The average Bonchev–Trinajstić information content (AvgIpc) is 3.36. The molecule has 4 aromatic rings. The van der Waals surface area contributed by atoms with E-state index in [2.05, 4.69) is 20.4 Å². The van der Waals surface area contributed by atoms with Crippen molar-refractivity contribution in [2.75, 3.05) is 7.11 Å². The second-order valence-corrected chi connectivity index (χ2v) is 5.87. The summed E-state index contributed by atoms with van der Waals surface area (Å²) < 4.78 is 15.8. The second kappa shape index (κ2) is 6.91. The summed E-state index contributed by atoms with van der Waals surface area (Å²) >= 11 is 0. The van der Waals surface area contributed by atoms with Crippen LogP contribution >= 0.6 is 0 Å². The van der Waals surface area contributed by atoms with E-state index in [0.29, 0.717) is 40.5 Å². The van der Waals surface area contributed by atoms with E-state index >= 15 is 0 Å². The van der Waals surface area contributed by atoms with Gasteiger partial charge in [0, 0.05) is 18.8 Å². The number of hydrogen-bond acceptors (Lipinski definition) is 7. The molecule has 0 aliphatic carbocycles. The van der Waals surface area contributed by atoms with Crippen LogP contribution in [0.25, 0.3) is 22.6 Å². The van der Waals surface area contributed by atoms with Crippen molar-refractivity contribution in [2.45, 2.75) is 13.5 Å². The summed E-state index contributed by atoms with van der Waals surface area (Å²) in [6.45, 7) is 2.09. The van der Waals surface area contributed by atoms with Crippen LogP contribution in [-0.2, 0) is 6.54 Å². The number of pyridine rings is 2. The Bertz CT molecular complexity index is 1100. The monoisotopic (exact) mass is 364 g/mol. The largest absolute Gasteiger partial charge is 0.481 e. The van der Waals surface area contributed by atoms with Gasteiger partial charge in [0.2, 0.25) is 5.88 Å². The quantitative estimate of drug-likeness (QED) is 0.580. The van der Waals surface area contributed by atoms with E-state index in [1.807, 2.05) is 6.07 Å². The number of carbonyl (C=O) groups is 1. The number of amides is 1. The number of rotatable bonds is 5. The normalized spacial score (nSPS) is 10.9. The first-order valence-electron chi connectivity index (χ1n) is 8.23. The van der Waals surface area contributed by atoms with Crippen molar-refractivity contribution in [1.82, 2.24) is 20.4 Å². The van der Waals surface area contributed by atoms with Crippen LogP contribution in [0.3, 0.4) is 0 Å². The summed E-state index contributed by atoms with van der Waals surface area (Å²) in [5, 5.41) is 7.41. The predicted octanol–water partition coefficient (Wildman–Crippen LogP) is 3.12. The van der Waals surface area contributed by atoms with Gasteiger partial charge in [-0.15, -0.1) is 0 Å². The molecule has 0 aliphatic heterocycles. The third kappa shape index (κ3) is 3.24. The molecule has 4 heterocycles. The van der Waals surface area contributed by atoms with Gasteiger partial charge in [-0.25, -0.2) is 9.97 Å². The van der Waals surface area contributed by atoms with Crippen LogP contribution in [0.5, 0.6) is 5.88 Å². The van der Waals surface area contributed by atoms with Gasteiger partial charge in [0.15, 0.2) is 5.76 Å². The molecular formula is C19H16N4O4. The average molecular weight is 364 g/mol. The second-order valence-electron chi connectivity index (χ2n) is 5.87. The third-order valence-electron chi connectivity index (χ3n) is 4.10. The molecule has 1 amide bonds. The van der Waals surface area contributed by atoms with Crippen molar-refractivity contribution in [3.63, 3.8) is 0 Å².